The molecule has 2 fully saturated rings. The zero-order chi connectivity index (χ0) is 37.4. The van der Waals surface area contributed by atoms with Gasteiger partial charge in [0.05, 0.1) is 41.1 Å². The molecule has 2 saturated heterocycles. The van der Waals surface area contributed by atoms with Crippen molar-refractivity contribution < 1.29 is 47.7 Å². The normalized spacial score (nSPS) is 23.5. The minimum absolute atomic E-state index is 0.180. The van der Waals surface area contributed by atoms with Gasteiger partial charge in [-0.25, -0.2) is 19.4 Å². The summed E-state index contributed by atoms with van der Waals surface area (Å²) in [4.78, 5) is 61.3. The number of para-hydroxylation sites is 1. The molecule has 0 amide bonds. The zero-order valence-electron chi connectivity index (χ0n) is 29.2. The SMILES string of the molecule is C[C@H]1ON(c2ccccc2)[C@@H](c2ccccc2)[C@@H]1C(=O)O[C@H]1OC[C@@H](OC(=O)c2ccccc2)[C@H](OC(=O)c2ccccc2)[C@H]1OC(=O)c1ccccc1. The molecule has 7 rings (SSSR count). The van der Waals surface area contributed by atoms with Crippen molar-refractivity contribution in [2.45, 2.75) is 43.7 Å². The van der Waals surface area contributed by atoms with E-state index in [4.69, 9.17) is 28.5 Å². The lowest BCUT2D eigenvalue weighted by Crippen LogP contribution is -2.59. The number of hydrogen-bond donors (Lipinski definition) is 0. The van der Waals surface area contributed by atoms with Crippen molar-refractivity contribution in [2.75, 3.05) is 11.7 Å². The van der Waals surface area contributed by atoms with Crippen LogP contribution in [0.1, 0.15) is 49.6 Å². The van der Waals surface area contributed by atoms with Crippen LogP contribution >= 0.6 is 0 Å². The van der Waals surface area contributed by atoms with Crippen molar-refractivity contribution in [3.63, 3.8) is 0 Å². The van der Waals surface area contributed by atoms with Gasteiger partial charge in [-0.3, -0.25) is 9.63 Å². The molecule has 0 bridgehead atoms. The standard InChI is InChI=1S/C43H37NO10/c1-28-35(36(29-17-7-2-8-18-29)44(54-28)33-25-15-6-16-26-33)42(48)53-43-38(52-41(47)32-23-13-5-14-24-32)37(51-40(46)31-21-11-4-12-22-31)34(27-49-43)50-39(45)30-19-9-3-10-20-30/h2-26,28,34-38,43H,27H2,1H3/t28-,34-,35-,36+,37+,38-,43-/m1/s1. The number of hydroxylamine groups is 1. The number of esters is 4. The molecule has 0 N–H and O–H groups in total. The van der Waals surface area contributed by atoms with Gasteiger partial charge in [-0.05, 0) is 61.0 Å². The van der Waals surface area contributed by atoms with E-state index in [9.17, 15) is 19.2 Å². The minimum atomic E-state index is -1.58. The predicted octanol–water partition coefficient (Wildman–Crippen LogP) is 6.76. The molecule has 11 nitrogen and oxygen atoms in total. The number of hydrogen-bond acceptors (Lipinski definition) is 11. The zero-order valence-corrected chi connectivity index (χ0v) is 29.2. The van der Waals surface area contributed by atoms with Gasteiger partial charge in [0, 0.05) is 0 Å². The van der Waals surface area contributed by atoms with Crippen LogP contribution in [0.4, 0.5) is 5.69 Å². The average Bonchev–Trinajstić information content (AvgIpc) is 3.58. The average molecular weight is 728 g/mol. The van der Waals surface area contributed by atoms with Gasteiger partial charge in [0.25, 0.3) is 0 Å². The van der Waals surface area contributed by atoms with Crippen molar-refractivity contribution in [3.05, 3.63) is 174 Å². The van der Waals surface area contributed by atoms with E-state index < -0.39 is 66.5 Å². The fourth-order valence-corrected chi connectivity index (χ4v) is 6.54. The van der Waals surface area contributed by atoms with Crippen molar-refractivity contribution in [1.82, 2.24) is 0 Å². The number of anilines is 1. The van der Waals surface area contributed by atoms with E-state index in [1.807, 2.05) is 60.7 Å². The molecule has 0 spiro atoms. The molecule has 0 radical (unpaired) electrons. The maximum atomic E-state index is 14.4. The van der Waals surface area contributed by atoms with Crippen LogP contribution in [-0.2, 0) is 33.3 Å². The molecule has 5 aromatic rings. The second-order valence-corrected chi connectivity index (χ2v) is 12.8. The summed E-state index contributed by atoms with van der Waals surface area (Å²) < 4.78 is 30.0. The fourth-order valence-electron chi connectivity index (χ4n) is 6.54. The number of nitrogens with zero attached hydrogens (tertiary/aromatic N) is 1. The highest BCUT2D eigenvalue weighted by atomic mass is 16.7. The maximum absolute atomic E-state index is 14.4. The van der Waals surface area contributed by atoms with Crippen molar-refractivity contribution in [3.8, 4) is 0 Å². The molecular formula is C43H37NO10. The van der Waals surface area contributed by atoms with Crippen molar-refractivity contribution in [2.24, 2.45) is 5.92 Å². The van der Waals surface area contributed by atoms with E-state index in [-0.39, 0.29) is 23.3 Å². The minimum Gasteiger partial charge on any atom is -0.452 e. The quantitative estimate of drug-likeness (QED) is 0.112. The van der Waals surface area contributed by atoms with E-state index in [0.717, 1.165) is 11.3 Å². The Kier molecular flexibility index (Phi) is 11.1. The van der Waals surface area contributed by atoms with Gasteiger partial charge in [0.2, 0.25) is 12.4 Å². The van der Waals surface area contributed by atoms with Gasteiger partial charge in [-0.15, -0.1) is 0 Å². The number of benzene rings is 5. The molecule has 5 aromatic carbocycles. The smallest absolute Gasteiger partial charge is 0.338 e. The molecule has 0 aromatic heterocycles. The number of carbonyl (C=O) groups excluding carboxylic acids is 4. The summed E-state index contributed by atoms with van der Waals surface area (Å²) in [5, 5.41) is 1.68. The van der Waals surface area contributed by atoms with Crippen LogP contribution in [0.5, 0.6) is 0 Å². The van der Waals surface area contributed by atoms with E-state index in [1.165, 1.54) is 0 Å². The van der Waals surface area contributed by atoms with Crippen LogP contribution in [0, 0.1) is 5.92 Å². The highest BCUT2D eigenvalue weighted by Gasteiger charge is 2.53. The third-order valence-electron chi connectivity index (χ3n) is 9.19. The van der Waals surface area contributed by atoms with Crippen LogP contribution in [0.15, 0.2) is 152 Å². The highest BCUT2D eigenvalue weighted by molar-refractivity contribution is 5.91. The fraction of sp³-hybridized carbons (Fsp3) is 0.209. The number of ether oxygens (including phenoxy) is 5. The highest BCUT2D eigenvalue weighted by Crippen LogP contribution is 2.43. The Morgan fingerprint density at radius 1 is 0.556 bits per heavy atom. The molecule has 0 saturated carbocycles. The van der Waals surface area contributed by atoms with Gasteiger partial charge in [-0.1, -0.05) is 103 Å². The predicted molar refractivity (Wildman–Crippen MR) is 195 cm³/mol. The third-order valence-corrected chi connectivity index (χ3v) is 9.19. The maximum Gasteiger partial charge on any atom is 0.338 e. The van der Waals surface area contributed by atoms with Crippen molar-refractivity contribution >= 4 is 29.6 Å². The molecule has 274 valence electrons. The summed E-state index contributed by atoms with van der Waals surface area (Å²) in [7, 11) is 0. The first-order valence-electron chi connectivity index (χ1n) is 17.5. The summed E-state index contributed by atoms with van der Waals surface area (Å²) in [6, 6.07) is 42.8. The van der Waals surface area contributed by atoms with Crippen LogP contribution in [0.2, 0.25) is 0 Å². The summed E-state index contributed by atoms with van der Waals surface area (Å²) in [6.45, 7) is 1.40. The lowest BCUT2D eigenvalue weighted by atomic mass is 9.90. The Labute approximate surface area is 311 Å². The molecular weight excluding hydrogens is 690 g/mol. The summed E-state index contributed by atoms with van der Waals surface area (Å²) >= 11 is 0. The second-order valence-electron chi connectivity index (χ2n) is 12.8. The van der Waals surface area contributed by atoms with Gasteiger partial charge >= 0.3 is 23.9 Å². The molecule has 7 atom stereocenters. The van der Waals surface area contributed by atoms with Gasteiger partial charge < -0.3 is 23.7 Å². The summed E-state index contributed by atoms with van der Waals surface area (Å²) in [5.74, 6) is -3.92. The monoisotopic (exact) mass is 727 g/mol. The molecule has 0 unspecified atom stereocenters. The second kappa shape index (κ2) is 16.6. The number of rotatable bonds is 10. The first-order valence-corrected chi connectivity index (χ1v) is 17.5. The van der Waals surface area contributed by atoms with Gasteiger partial charge in [-0.2, -0.15) is 0 Å². The van der Waals surface area contributed by atoms with E-state index in [0.29, 0.717) is 0 Å². The summed E-state index contributed by atoms with van der Waals surface area (Å²) in [6.07, 6.45) is -6.56. The van der Waals surface area contributed by atoms with Gasteiger partial charge in [0.1, 0.15) is 5.92 Å². The van der Waals surface area contributed by atoms with E-state index >= 15 is 0 Å². The van der Waals surface area contributed by atoms with Crippen LogP contribution in [-0.4, -0.2) is 61.2 Å². The lowest BCUT2D eigenvalue weighted by molar-refractivity contribution is -0.263. The third kappa shape index (κ3) is 8.02. The molecule has 2 aliphatic rings. The van der Waals surface area contributed by atoms with Crippen LogP contribution < -0.4 is 5.06 Å². The Hall–Kier alpha value is -6.30. The summed E-state index contributed by atoms with van der Waals surface area (Å²) in [5.41, 5.74) is 2.14. The molecule has 2 aliphatic heterocycles. The Morgan fingerprint density at radius 3 is 1.52 bits per heavy atom. The van der Waals surface area contributed by atoms with E-state index in [1.54, 1.807) is 103 Å². The molecule has 54 heavy (non-hydrogen) atoms. The van der Waals surface area contributed by atoms with Crippen LogP contribution in [0.3, 0.4) is 0 Å². The first kappa shape index (κ1) is 36.1. The Balaban J connectivity index is 1.23. The molecule has 11 heteroatoms. The van der Waals surface area contributed by atoms with Crippen LogP contribution in [0.25, 0.3) is 0 Å². The van der Waals surface area contributed by atoms with Gasteiger partial charge in [0.15, 0.2) is 12.2 Å². The molecule has 0 aliphatic carbocycles. The Bertz CT molecular complexity index is 2030. The van der Waals surface area contributed by atoms with E-state index in [2.05, 4.69) is 0 Å². The lowest BCUT2D eigenvalue weighted by Gasteiger charge is -2.40. The first-order chi connectivity index (χ1) is 26.4. The number of carbonyl (C=O) groups is 4. The largest absolute Gasteiger partial charge is 0.452 e. The topological polar surface area (TPSA) is 127 Å². The Morgan fingerprint density at radius 2 is 1.00 bits per heavy atom. The molecule has 2 heterocycles. The van der Waals surface area contributed by atoms with Crippen molar-refractivity contribution in [1.29, 1.82) is 0 Å².